The highest BCUT2D eigenvalue weighted by molar-refractivity contribution is 5.95. The van der Waals surface area contributed by atoms with E-state index in [1.807, 2.05) is 0 Å². The number of imide groups is 1. The van der Waals surface area contributed by atoms with Crippen LogP contribution in [0.2, 0.25) is 0 Å². The van der Waals surface area contributed by atoms with Crippen molar-refractivity contribution >= 4 is 23.9 Å². The molecule has 3 amide bonds. The summed E-state index contributed by atoms with van der Waals surface area (Å²) >= 11 is 0. The average molecular weight is 288 g/mol. The van der Waals surface area contributed by atoms with Gasteiger partial charge in [-0.3, -0.25) is 19.7 Å². The summed E-state index contributed by atoms with van der Waals surface area (Å²) in [4.78, 5) is 45.6. The number of hydrogen-bond donors (Lipinski definition) is 2. The molecule has 0 aromatic rings. The van der Waals surface area contributed by atoms with E-state index in [0.29, 0.717) is 12.8 Å². The van der Waals surface area contributed by atoms with E-state index in [2.05, 4.69) is 10.1 Å². The Labute approximate surface area is 117 Å². The van der Waals surface area contributed by atoms with Crippen molar-refractivity contribution in [3.05, 3.63) is 0 Å². The molecule has 0 unspecified atom stereocenters. The average Bonchev–Trinajstić information content (AvgIpc) is 2.40. The summed E-state index contributed by atoms with van der Waals surface area (Å²) in [7, 11) is 1.21. The normalized spacial score (nSPS) is 9.70. The molecule has 0 fully saturated rings. The molecule has 0 heterocycles. The van der Waals surface area contributed by atoms with E-state index in [1.54, 1.807) is 6.92 Å². The Hall–Kier alpha value is -2.12. The predicted octanol–water partition coefficient (Wildman–Crippen LogP) is 0.362. The Bertz CT molecular complexity index is 369. The first-order chi connectivity index (χ1) is 9.40. The molecule has 0 bridgehead atoms. The van der Waals surface area contributed by atoms with Gasteiger partial charge in [-0.05, 0) is 19.8 Å². The number of aliphatic carboxylic acids is 1. The molecule has 0 saturated heterocycles. The molecule has 8 heteroatoms. The van der Waals surface area contributed by atoms with Crippen LogP contribution in [0, 0.1) is 0 Å². The fourth-order valence-corrected chi connectivity index (χ4v) is 1.37. The summed E-state index contributed by atoms with van der Waals surface area (Å²) in [6.45, 7) is 1.69. The smallest absolute Gasteiger partial charge is 0.325 e. The molecule has 0 aliphatic rings. The molecule has 20 heavy (non-hydrogen) atoms. The van der Waals surface area contributed by atoms with E-state index in [0.717, 1.165) is 4.90 Å². The van der Waals surface area contributed by atoms with Crippen molar-refractivity contribution in [1.82, 2.24) is 10.2 Å². The van der Waals surface area contributed by atoms with E-state index in [-0.39, 0.29) is 25.9 Å². The van der Waals surface area contributed by atoms with Crippen molar-refractivity contribution in [3.8, 4) is 0 Å². The summed E-state index contributed by atoms with van der Waals surface area (Å²) in [5.41, 5.74) is 0. The molecule has 0 aromatic carbocycles. The molecular formula is C12H20N2O6. The number of methoxy groups -OCH3 is 1. The van der Waals surface area contributed by atoms with Crippen molar-refractivity contribution in [1.29, 1.82) is 0 Å². The summed E-state index contributed by atoms with van der Waals surface area (Å²) < 4.78 is 4.44. The number of carbonyl (C=O) groups excluding carboxylic acids is 3. The number of nitrogens with one attached hydrogen (secondary N) is 1. The Morgan fingerprint density at radius 3 is 2.25 bits per heavy atom. The van der Waals surface area contributed by atoms with E-state index in [4.69, 9.17) is 5.11 Å². The number of amides is 3. The fourth-order valence-electron chi connectivity index (χ4n) is 1.37. The monoisotopic (exact) mass is 288 g/mol. The van der Waals surface area contributed by atoms with Crippen LogP contribution in [0.4, 0.5) is 4.79 Å². The number of hydrogen-bond acceptors (Lipinski definition) is 5. The largest absolute Gasteiger partial charge is 0.481 e. The van der Waals surface area contributed by atoms with Crippen LogP contribution in [-0.2, 0) is 19.1 Å². The first-order valence-electron chi connectivity index (χ1n) is 6.28. The molecule has 0 radical (unpaired) electrons. The van der Waals surface area contributed by atoms with Crippen molar-refractivity contribution in [2.75, 3.05) is 20.2 Å². The van der Waals surface area contributed by atoms with Gasteiger partial charge in [-0.2, -0.15) is 0 Å². The second-order valence-corrected chi connectivity index (χ2v) is 4.04. The Balaban J connectivity index is 4.06. The molecule has 0 spiro atoms. The second-order valence-electron chi connectivity index (χ2n) is 4.04. The van der Waals surface area contributed by atoms with Crippen molar-refractivity contribution in [2.24, 2.45) is 0 Å². The van der Waals surface area contributed by atoms with Crippen LogP contribution in [-0.4, -0.2) is 54.1 Å². The quantitative estimate of drug-likeness (QED) is 0.492. The van der Waals surface area contributed by atoms with Gasteiger partial charge in [0.1, 0.15) is 6.54 Å². The van der Waals surface area contributed by atoms with E-state index < -0.39 is 23.9 Å². The Kier molecular flexibility index (Phi) is 8.73. The van der Waals surface area contributed by atoms with Gasteiger partial charge < -0.3 is 14.7 Å². The van der Waals surface area contributed by atoms with Gasteiger partial charge in [0.2, 0.25) is 5.91 Å². The molecule has 0 aromatic heterocycles. The zero-order valence-electron chi connectivity index (χ0n) is 11.7. The van der Waals surface area contributed by atoms with Gasteiger partial charge in [-0.1, -0.05) is 0 Å². The number of carboxylic acid groups (broad SMARTS) is 1. The molecule has 0 aliphatic heterocycles. The van der Waals surface area contributed by atoms with Gasteiger partial charge in [-0.25, -0.2) is 4.79 Å². The predicted molar refractivity (Wildman–Crippen MR) is 68.9 cm³/mol. The molecule has 0 aliphatic carbocycles. The molecule has 2 N–H and O–H groups in total. The maximum atomic E-state index is 11.7. The number of rotatable bonds is 8. The highest BCUT2D eigenvalue weighted by atomic mass is 16.5. The lowest BCUT2D eigenvalue weighted by molar-refractivity contribution is -0.141. The third kappa shape index (κ3) is 8.06. The minimum atomic E-state index is -0.920. The third-order valence-corrected chi connectivity index (χ3v) is 2.51. The van der Waals surface area contributed by atoms with Crippen LogP contribution >= 0.6 is 0 Å². The lowest BCUT2D eigenvalue weighted by Crippen LogP contribution is -2.45. The van der Waals surface area contributed by atoms with Gasteiger partial charge in [0.15, 0.2) is 0 Å². The SMILES string of the molecule is CCN(CC(=O)OC)C(=O)NC(=O)CCCCC(=O)O. The molecular weight excluding hydrogens is 268 g/mol. The van der Waals surface area contributed by atoms with Crippen LogP contribution in [0.15, 0.2) is 0 Å². The summed E-state index contributed by atoms with van der Waals surface area (Å²) in [5.74, 6) is -1.99. The highest BCUT2D eigenvalue weighted by Gasteiger charge is 2.17. The van der Waals surface area contributed by atoms with Crippen molar-refractivity contribution in [3.63, 3.8) is 0 Å². The number of unbranched alkanes of at least 4 members (excludes halogenated alkanes) is 1. The molecule has 8 nitrogen and oxygen atoms in total. The third-order valence-electron chi connectivity index (χ3n) is 2.51. The van der Waals surface area contributed by atoms with Crippen molar-refractivity contribution < 1.29 is 29.0 Å². The fraction of sp³-hybridized carbons (Fsp3) is 0.667. The maximum Gasteiger partial charge on any atom is 0.325 e. The Morgan fingerprint density at radius 2 is 1.75 bits per heavy atom. The van der Waals surface area contributed by atoms with Gasteiger partial charge in [0.25, 0.3) is 0 Å². The zero-order chi connectivity index (χ0) is 15.5. The Morgan fingerprint density at radius 1 is 1.15 bits per heavy atom. The first kappa shape index (κ1) is 17.9. The van der Waals surface area contributed by atoms with E-state index in [1.165, 1.54) is 7.11 Å². The summed E-state index contributed by atoms with van der Waals surface area (Å²) in [5, 5.41) is 10.6. The topological polar surface area (TPSA) is 113 Å². The minimum Gasteiger partial charge on any atom is -0.481 e. The minimum absolute atomic E-state index is 0.00927. The number of urea groups is 1. The standard InChI is InChI=1S/C12H20N2O6/c1-3-14(8-11(18)20-2)12(19)13-9(15)6-4-5-7-10(16)17/h3-8H2,1-2H3,(H,16,17)(H,13,15,19). The maximum absolute atomic E-state index is 11.7. The number of carbonyl (C=O) groups is 4. The number of ether oxygens (including phenoxy) is 1. The summed E-state index contributed by atoms with van der Waals surface area (Å²) in [6, 6.07) is -0.666. The lowest BCUT2D eigenvalue weighted by Gasteiger charge is -2.19. The highest BCUT2D eigenvalue weighted by Crippen LogP contribution is 2.00. The number of likely N-dealkylation sites (N-methyl/N-ethyl adjacent to an activating group) is 1. The van der Waals surface area contributed by atoms with Gasteiger partial charge in [-0.15, -0.1) is 0 Å². The van der Waals surface area contributed by atoms with Gasteiger partial charge in [0, 0.05) is 19.4 Å². The second kappa shape index (κ2) is 9.76. The van der Waals surface area contributed by atoms with Crippen LogP contribution in [0.5, 0.6) is 0 Å². The van der Waals surface area contributed by atoms with E-state index >= 15 is 0 Å². The molecule has 0 saturated carbocycles. The zero-order valence-corrected chi connectivity index (χ0v) is 11.7. The number of carboxylic acids is 1. The van der Waals surface area contributed by atoms with Gasteiger partial charge in [0.05, 0.1) is 7.11 Å². The van der Waals surface area contributed by atoms with E-state index in [9.17, 15) is 19.2 Å². The molecule has 114 valence electrons. The number of esters is 1. The van der Waals surface area contributed by atoms with Crippen LogP contribution in [0.1, 0.15) is 32.6 Å². The number of nitrogens with zero attached hydrogens (tertiary/aromatic N) is 1. The lowest BCUT2D eigenvalue weighted by atomic mass is 10.2. The van der Waals surface area contributed by atoms with Gasteiger partial charge >= 0.3 is 18.0 Å². The van der Waals surface area contributed by atoms with Crippen molar-refractivity contribution in [2.45, 2.75) is 32.6 Å². The summed E-state index contributed by atoms with van der Waals surface area (Å²) in [6.07, 6.45) is 0.810. The van der Waals surface area contributed by atoms with Crippen LogP contribution in [0.3, 0.4) is 0 Å². The first-order valence-corrected chi connectivity index (χ1v) is 6.28. The molecule has 0 rings (SSSR count). The molecule has 0 atom stereocenters. The van der Waals surface area contributed by atoms with Crippen LogP contribution in [0.25, 0.3) is 0 Å². The van der Waals surface area contributed by atoms with Crippen LogP contribution < -0.4 is 5.32 Å².